The fraction of sp³-hybridized carbons (Fsp3) is 0.571. The Morgan fingerprint density at radius 2 is 2.43 bits per heavy atom. The Balaban J connectivity index is 2.76. The first kappa shape index (κ1) is 10.3. The number of ketones is 1. The molecule has 0 amide bonds. The maximum absolute atomic E-state index is 10.8. The molecule has 0 spiro atoms. The molecule has 0 N–H and O–H groups in total. The second kappa shape index (κ2) is 3.95. The zero-order chi connectivity index (χ0) is 10.7. The fourth-order valence-corrected chi connectivity index (χ4v) is 1.07. The van der Waals surface area contributed by atoms with Gasteiger partial charge in [-0.15, -0.1) is 0 Å². The van der Waals surface area contributed by atoms with Crippen LogP contribution in [0.2, 0.25) is 0 Å². The van der Waals surface area contributed by atoms with E-state index in [1.165, 1.54) is 17.9 Å². The molecule has 1 aromatic rings. The normalized spacial score (nSPS) is 12.4. The average Bonchev–Trinajstić information content (AvgIpc) is 2.50. The van der Waals surface area contributed by atoms with Crippen LogP contribution in [0.15, 0.2) is 6.33 Å². The first-order valence-electron chi connectivity index (χ1n) is 4.05. The van der Waals surface area contributed by atoms with Crippen LogP contribution >= 0.6 is 0 Å². The van der Waals surface area contributed by atoms with Crippen molar-refractivity contribution in [3.05, 3.63) is 16.4 Å². The Morgan fingerprint density at radius 3 is 2.86 bits per heavy atom. The standard InChI is InChI=1S/C7H10N4O3/c1-5(3-6(2)12)10-4-8-7(9-10)11(13)14/h4-5H,3H2,1-2H3. The van der Waals surface area contributed by atoms with Crippen molar-refractivity contribution in [2.75, 3.05) is 0 Å². The number of nitro groups is 1. The minimum Gasteiger partial charge on any atom is -0.390 e. The third-order valence-corrected chi connectivity index (χ3v) is 1.69. The highest BCUT2D eigenvalue weighted by Crippen LogP contribution is 2.11. The van der Waals surface area contributed by atoms with E-state index >= 15 is 0 Å². The number of hydrogen-bond acceptors (Lipinski definition) is 5. The Bertz CT molecular complexity index is 360. The summed E-state index contributed by atoms with van der Waals surface area (Å²) in [7, 11) is 0. The molecular weight excluding hydrogens is 188 g/mol. The van der Waals surface area contributed by atoms with Crippen LogP contribution in [0.5, 0.6) is 0 Å². The molecule has 0 aromatic carbocycles. The van der Waals surface area contributed by atoms with E-state index in [0.29, 0.717) is 6.42 Å². The van der Waals surface area contributed by atoms with Crippen LogP contribution < -0.4 is 0 Å². The second-order valence-corrected chi connectivity index (χ2v) is 3.04. The minimum absolute atomic E-state index is 0.00986. The summed E-state index contributed by atoms with van der Waals surface area (Å²) in [4.78, 5) is 23.8. The van der Waals surface area contributed by atoms with Crippen molar-refractivity contribution in [1.82, 2.24) is 14.8 Å². The summed E-state index contributed by atoms with van der Waals surface area (Å²) in [6.45, 7) is 3.21. The zero-order valence-corrected chi connectivity index (χ0v) is 7.88. The van der Waals surface area contributed by atoms with Gasteiger partial charge in [0.05, 0.1) is 6.04 Å². The van der Waals surface area contributed by atoms with Gasteiger partial charge in [-0.05, 0) is 18.8 Å². The number of carbonyl (C=O) groups is 1. The van der Waals surface area contributed by atoms with Gasteiger partial charge in [0.1, 0.15) is 5.78 Å². The van der Waals surface area contributed by atoms with Crippen LogP contribution in [-0.4, -0.2) is 25.5 Å². The third-order valence-electron chi connectivity index (χ3n) is 1.69. The number of Topliss-reactive ketones (excluding diaryl/α,β-unsaturated/α-hetero) is 1. The third kappa shape index (κ3) is 2.35. The van der Waals surface area contributed by atoms with Gasteiger partial charge >= 0.3 is 5.95 Å². The van der Waals surface area contributed by atoms with Gasteiger partial charge in [-0.2, -0.15) is 4.68 Å². The van der Waals surface area contributed by atoms with Crippen LogP contribution in [0.25, 0.3) is 0 Å². The van der Waals surface area contributed by atoms with E-state index in [-0.39, 0.29) is 11.8 Å². The summed E-state index contributed by atoms with van der Waals surface area (Å²) in [5.41, 5.74) is 0. The summed E-state index contributed by atoms with van der Waals surface area (Å²) in [6, 6.07) is -0.200. The van der Waals surface area contributed by atoms with E-state index in [0.717, 1.165) is 0 Å². The maximum Gasteiger partial charge on any atom is 0.490 e. The Kier molecular flexibility index (Phi) is 2.90. The van der Waals surface area contributed by atoms with E-state index in [4.69, 9.17) is 0 Å². The predicted molar refractivity (Wildman–Crippen MR) is 46.7 cm³/mol. The molecule has 1 heterocycles. The molecule has 0 aliphatic heterocycles. The molecule has 7 nitrogen and oxygen atoms in total. The van der Waals surface area contributed by atoms with Crippen molar-refractivity contribution in [2.24, 2.45) is 0 Å². The number of hydrogen-bond donors (Lipinski definition) is 0. The lowest BCUT2D eigenvalue weighted by Gasteiger charge is -2.03. The number of nitrogens with zero attached hydrogens (tertiary/aromatic N) is 4. The SMILES string of the molecule is CC(=O)CC(C)n1cnc([N+](=O)[O-])n1. The lowest BCUT2D eigenvalue weighted by molar-refractivity contribution is -0.394. The van der Waals surface area contributed by atoms with Crippen LogP contribution in [-0.2, 0) is 4.79 Å². The summed E-state index contributed by atoms with van der Waals surface area (Å²) in [6.07, 6.45) is 1.55. The van der Waals surface area contributed by atoms with Gasteiger partial charge in [0.15, 0.2) is 0 Å². The molecular formula is C7H10N4O3. The Hall–Kier alpha value is -1.79. The van der Waals surface area contributed by atoms with Gasteiger partial charge in [0, 0.05) is 11.5 Å². The summed E-state index contributed by atoms with van der Waals surface area (Å²) in [5, 5.41) is 13.9. The van der Waals surface area contributed by atoms with Crippen molar-refractivity contribution in [3.8, 4) is 0 Å². The Morgan fingerprint density at radius 1 is 1.79 bits per heavy atom. The zero-order valence-electron chi connectivity index (χ0n) is 7.88. The van der Waals surface area contributed by atoms with Gasteiger partial charge in [0.25, 0.3) is 0 Å². The monoisotopic (exact) mass is 198 g/mol. The molecule has 0 saturated heterocycles. The lowest BCUT2D eigenvalue weighted by atomic mass is 10.2. The van der Waals surface area contributed by atoms with Gasteiger partial charge in [0.2, 0.25) is 6.33 Å². The van der Waals surface area contributed by atoms with Crippen LogP contribution in [0, 0.1) is 10.1 Å². The van der Waals surface area contributed by atoms with E-state index in [1.807, 2.05) is 0 Å². The number of aromatic nitrogens is 3. The maximum atomic E-state index is 10.8. The molecule has 1 unspecified atom stereocenters. The van der Waals surface area contributed by atoms with Gasteiger partial charge in [-0.1, -0.05) is 4.98 Å². The quantitative estimate of drug-likeness (QED) is 0.525. The summed E-state index contributed by atoms with van der Waals surface area (Å²) in [5.74, 6) is -0.434. The predicted octanol–water partition coefficient (Wildman–Crippen LogP) is 0.726. The molecule has 7 heteroatoms. The summed E-state index contributed by atoms with van der Waals surface area (Å²) >= 11 is 0. The minimum atomic E-state index is -0.670. The molecule has 0 aliphatic carbocycles. The molecule has 76 valence electrons. The van der Waals surface area contributed by atoms with Crippen LogP contribution in [0.1, 0.15) is 26.3 Å². The van der Waals surface area contributed by atoms with E-state index in [1.54, 1.807) is 6.92 Å². The van der Waals surface area contributed by atoms with Gasteiger partial charge < -0.3 is 10.1 Å². The van der Waals surface area contributed by atoms with Crippen molar-refractivity contribution < 1.29 is 9.72 Å². The van der Waals surface area contributed by atoms with E-state index < -0.39 is 10.9 Å². The molecule has 0 bridgehead atoms. The van der Waals surface area contributed by atoms with Gasteiger partial charge in [-0.3, -0.25) is 4.79 Å². The molecule has 0 fully saturated rings. The molecule has 0 aliphatic rings. The molecule has 1 atom stereocenters. The van der Waals surface area contributed by atoms with Crippen molar-refractivity contribution >= 4 is 11.7 Å². The highest BCUT2D eigenvalue weighted by molar-refractivity contribution is 5.75. The number of carbonyl (C=O) groups excluding carboxylic acids is 1. The molecule has 0 saturated carbocycles. The van der Waals surface area contributed by atoms with Crippen LogP contribution in [0.3, 0.4) is 0 Å². The lowest BCUT2D eigenvalue weighted by Crippen LogP contribution is -2.09. The van der Waals surface area contributed by atoms with E-state index in [2.05, 4.69) is 10.1 Å². The largest absolute Gasteiger partial charge is 0.490 e. The molecule has 0 radical (unpaired) electrons. The first-order valence-corrected chi connectivity index (χ1v) is 4.05. The molecule has 14 heavy (non-hydrogen) atoms. The average molecular weight is 198 g/mol. The fourth-order valence-electron chi connectivity index (χ4n) is 1.07. The van der Waals surface area contributed by atoms with E-state index in [9.17, 15) is 14.9 Å². The highest BCUT2D eigenvalue weighted by Gasteiger charge is 2.17. The highest BCUT2D eigenvalue weighted by atomic mass is 16.6. The molecule has 1 rings (SSSR count). The molecule has 1 aromatic heterocycles. The van der Waals surface area contributed by atoms with Crippen LogP contribution in [0.4, 0.5) is 5.95 Å². The summed E-state index contributed by atoms with van der Waals surface area (Å²) < 4.78 is 1.32. The topological polar surface area (TPSA) is 90.9 Å². The number of rotatable bonds is 4. The van der Waals surface area contributed by atoms with Crippen molar-refractivity contribution in [3.63, 3.8) is 0 Å². The van der Waals surface area contributed by atoms with Crippen molar-refractivity contribution in [2.45, 2.75) is 26.3 Å². The smallest absolute Gasteiger partial charge is 0.390 e. The first-order chi connectivity index (χ1) is 6.50. The van der Waals surface area contributed by atoms with Gasteiger partial charge in [-0.25, -0.2) is 0 Å². The Labute approximate surface area is 79.9 Å². The second-order valence-electron chi connectivity index (χ2n) is 3.04. The van der Waals surface area contributed by atoms with Crippen molar-refractivity contribution in [1.29, 1.82) is 0 Å².